The van der Waals surface area contributed by atoms with E-state index in [1.165, 1.54) is 6.42 Å². The normalized spacial score (nSPS) is 31.2. The maximum atomic E-state index is 10.3. The predicted molar refractivity (Wildman–Crippen MR) is 92.5 cm³/mol. The molecule has 5 heteroatoms. The topological polar surface area (TPSA) is 56.2 Å². The first kappa shape index (κ1) is 19.1. The summed E-state index contributed by atoms with van der Waals surface area (Å²) >= 11 is 0. The Morgan fingerprint density at radius 3 is 2.39 bits per heavy atom. The van der Waals surface area contributed by atoms with Gasteiger partial charge in [-0.1, -0.05) is 20.8 Å². The highest BCUT2D eigenvalue weighted by Gasteiger charge is 2.32. The molecule has 1 heterocycles. The van der Waals surface area contributed by atoms with E-state index in [1.54, 1.807) is 0 Å². The fourth-order valence-electron chi connectivity index (χ4n) is 4.32. The number of aliphatic hydroxyl groups excluding tert-OH is 2. The number of aliphatic hydroxyl groups is 2. The number of piperazine rings is 1. The van der Waals surface area contributed by atoms with E-state index in [2.05, 4.69) is 30.6 Å². The van der Waals surface area contributed by atoms with Crippen LogP contribution in [0.25, 0.3) is 0 Å². The molecule has 2 fully saturated rings. The summed E-state index contributed by atoms with van der Waals surface area (Å²) in [6.07, 6.45) is 3.39. The van der Waals surface area contributed by atoms with Gasteiger partial charge in [0.15, 0.2) is 0 Å². The van der Waals surface area contributed by atoms with E-state index < -0.39 is 6.10 Å². The molecule has 0 spiro atoms. The molecular formula is C18H36N2O3. The van der Waals surface area contributed by atoms with Crippen LogP contribution < -0.4 is 0 Å². The molecule has 1 saturated heterocycles. The second-order valence-corrected chi connectivity index (χ2v) is 8.39. The van der Waals surface area contributed by atoms with Gasteiger partial charge in [0.1, 0.15) is 0 Å². The number of hydrogen-bond donors (Lipinski definition) is 2. The molecular weight excluding hydrogens is 292 g/mol. The Bertz CT molecular complexity index is 343. The van der Waals surface area contributed by atoms with Gasteiger partial charge in [-0.15, -0.1) is 0 Å². The Balaban J connectivity index is 1.64. The minimum Gasteiger partial charge on any atom is -0.395 e. The third-order valence-electron chi connectivity index (χ3n) is 5.22. The van der Waals surface area contributed by atoms with Gasteiger partial charge < -0.3 is 14.9 Å². The summed E-state index contributed by atoms with van der Waals surface area (Å²) in [5.74, 6) is 0.709. The number of ether oxygens (including phenoxy) is 1. The van der Waals surface area contributed by atoms with Gasteiger partial charge in [0.05, 0.1) is 25.4 Å². The molecule has 2 N–H and O–H groups in total. The maximum absolute atomic E-state index is 10.3. The van der Waals surface area contributed by atoms with Crippen molar-refractivity contribution in [3.05, 3.63) is 0 Å². The summed E-state index contributed by atoms with van der Waals surface area (Å²) in [6, 6.07) is 0. The van der Waals surface area contributed by atoms with Crippen molar-refractivity contribution in [3.8, 4) is 0 Å². The molecule has 0 amide bonds. The fourth-order valence-corrected chi connectivity index (χ4v) is 4.32. The molecule has 1 aliphatic heterocycles. The zero-order chi connectivity index (χ0) is 16.9. The number of nitrogens with zero attached hydrogens (tertiary/aromatic N) is 2. The SMILES string of the molecule is C[C@@H]1C[C@H](OC[C@@H](O)CN2CCN(CCO)CC2)CC(C)(C)C1. The second kappa shape index (κ2) is 8.77. The molecule has 2 aliphatic rings. The van der Waals surface area contributed by atoms with E-state index in [9.17, 15) is 5.11 Å². The lowest BCUT2D eigenvalue weighted by molar-refractivity contribution is -0.0634. The molecule has 3 atom stereocenters. The first-order valence-corrected chi connectivity index (χ1v) is 9.23. The monoisotopic (exact) mass is 328 g/mol. The van der Waals surface area contributed by atoms with E-state index in [0.29, 0.717) is 30.6 Å². The highest BCUT2D eigenvalue weighted by Crippen LogP contribution is 2.39. The third-order valence-corrected chi connectivity index (χ3v) is 5.22. The van der Waals surface area contributed by atoms with Gasteiger partial charge in [0.2, 0.25) is 0 Å². The van der Waals surface area contributed by atoms with Crippen LogP contribution in [0.5, 0.6) is 0 Å². The predicted octanol–water partition coefficient (Wildman–Crippen LogP) is 1.19. The Labute approximate surface area is 141 Å². The maximum Gasteiger partial charge on any atom is 0.0900 e. The van der Waals surface area contributed by atoms with Crippen molar-refractivity contribution in [3.63, 3.8) is 0 Å². The Morgan fingerprint density at radius 1 is 1.13 bits per heavy atom. The molecule has 5 nitrogen and oxygen atoms in total. The average molecular weight is 328 g/mol. The van der Waals surface area contributed by atoms with Crippen LogP contribution in [0.15, 0.2) is 0 Å². The van der Waals surface area contributed by atoms with E-state index >= 15 is 0 Å². The van der Waals surface area contributed by atoms with Crippen LogP contribution >= 0.6 is 0 Å². The summed E-state index contributed by atoms with van der Waals surface area (Å²) in [5.41, 5.74) is 0.357. The first-order chi connectivity index (χ1) is 10.9. The van der Waals surface area contributed by atoms with Crippen LogP contribution in [0, 0.1) is 11.3 Å². The molecule has 0 aromatic heterocycles. The quantitative estimate of drug-likeness (QED) is 0.735. The van der Waals surface area contributed by atoms with E-state index in [0.717, 1.165) is 45.6 Å². The molecule has 136 valence electrons. The lowest BCUT2D eigenvalue weighted by Gasteiger charge is -2.39. The molecule has 0 radical (unpaired) electrons. The van der Waals surface area contributed by atoms with E-state index in [1.807, 2.05) is 0 Å². The molecule has 23 heavy (non-hydrogen) atoms. The second-order valence-electron chi connectivity index (χ2n) is 8.39. The lowest BCUT2D eigenvalue weighted by atomic mass is 9.71. The van der Waals surface area contributed by atoms with Gasteiger partial charge in [-0.3, -0.25) is 9.80 Å². The molecule has 2 rings (SSSR count). The highest BCUT2D eigenvalue weighted by atomic mass is 16.5. The zero-order valence-electron chi connectivity index (χ0n) is 15.2. The number of rotatable bonds is 7. The molecule has 0 unspecified atom stereocenters. The molecule has 0 bridgehead atoms. The van der Waals surface area contributed by atoms with Crippen molar-refractivity contribution in [1.82, 2.24) is 9.80 Å². The van der Waals surface area contributed by atoms with Crippen LogP contribution in [-0.4, -0.2) is 84.7 Å². The van der Waals surface area contributed by atoms with Crippen molar-refractivity contribution < 1.29 is 14.9 Å². The van der Waals surface area contributed by atoms with Crippen molar-refractivity contribution >= 4 is 0 Å². The van der Waals surface area contributed by atoms with E-state index in [-0.39, 0.29) is 6.61 Å². The van der Waals surface area contributed by atoms with Crippen molar-refractivity contribution in [2.75, 3.05) is 52.5 Å². The highest BCUT2D eigenvalue weighted by molar-refractivity contribution is 4.83. The Morgan fingerprint density at radius 2 is 1.78 bits per heavy atom. The summed E-state index contributed by atoms with van der Waals surface area (Å²) in [5, 5.41) is 19.2. The van der Waals surface area contributed by atoms with Gasteiger partial charge in [-0.25, -0.2) is 0 Å². The van der Waals surface area contributed by atoms with Crippen molar-refractivity contribution in [2.24, 2.45) is 11.3 Å². The molecule has 0 aromatic carbocycles. The Hall–Kier alpha value is -0.200. The van der Waals surface area contributed by atoms with Gasteiger partial charge in [-0.05, 0) is 30.6 Å². The van der Waals surface area contributed by atoms with Crippen LogP contribution in [0.3, 0.4) is 0 Å². The van der Waals surface area contributed by atoms with Gasteiger partial charge in [-0.2, -0.15) is 0 Å². The first-order valence-electron chi connectivity index (χ1n) is 9.23. The van der Waals surface area contributed by atoms with Crippen molar-refractivity contribution in [2.45, 2.75) is 52.2 Å². The summed E-state index contributed by atoms with van der Waals surface area (Å²) in [6.45, 7) is 13.0. The minimum atomic E-state index is -0.403. The van der Waals surface area contributed by atoms with Gasteiger partial charge in [0, 0.05) is 39.3 Å². The largest absolute Gasteiger partial charge is 0.395 e. The minimum absolute atomic E-state index is 0.229. The summed E-state index contributed by atoms with van der Waals surface area (Å²) in [7, 11) is 0. The van der Waals surface area contributed by atoms with Crippen molar-refractivity contribution in [1.29, 1.82) is 0 Å². The van der Waals surface area contributed by atoms with E-state index in [4.69, 9.17) is 9.84 Å². The Kier molecular flexibility index (Phi) is 7.29. The van der Waals surface area contributed by atoms with Crippen LogP contribution in [-0.2, 0) is 4.74 Å². The third kappa shape index (κ3) is 6.67. The van der Waals surface area contributed by atoms with Crippen LogP contribution in [0.4, 0.5) is 0 Å². The lowest BCUT2D eigenvalue weighted by Crippen LogP contribution is -2.49. The fraction of sp³-hybridized carbons (Fsp3) is 1.00. The number of hydrogen-bond acceptors (Lipinski definition) is 5. The smallest absolute Gasteiger partial charge is 0.0900 e. The standard InChI is InChI=1S/C18H36N2O3/c1-15-10-17(12-18(2,3)11-15)23-14-16(22)13-20-6-4-19(5-7-20)8-9-21/h15-17,21-22H,4-14H2,1-3H3/t15-,16+,17+/m1/s1. The molecule has 1 saturated carbocycles. The molecule has 0 aromatic rings. The number of β-amino-alcohol motifs (C(OH)–C–C–N with tert-alkyl or cyclic N) is 2. The zero-order valence-corrected chi connectivity index (χ0v) is 15.2. The van der Waals surface area contributed by atoms with Gasteiger partial charge >= 0.3 is 0 Å². The molecule has 1 aliphatic carbocycles. The van der Waals surface area contributed by atoms with Gasteiger partial charge in [0.25, 0.3) is 0 Å². The summed E-state index contributed by atoms with van der Waals surface area (Å²) in [4.78, 5) is 4.57. The average Bonchev–Trinajstić information content (AvgIpc) is 2.45. The van der Waals surface area contributed by atoms with Crippen LogP contribution in [0.2, 0.25) is 0 Å². The summed E-state index contributed by atoms with van der Waals surface area (Å²) < 4.78 is 6.03. The van der Waals surface area contributed by atoms with Crippen LogP contribution in [0.1, 0.15) is 40.0 Å².